The molecule has 2 heterocycles. The summed E-state index contributed by atoms with van der Waals surface area (Å²) in [4.78, 5) is 26.8. The monoisotopic (exact) mass is 316 g/mol. The Hall–Kier alpha value is -1.11. The molecule has 2 amide bonds. The quantitative estimate of drug-likeness (QED) is 0.820. The first-order chi connectivity index (χ1) is 9.74. The molecule has 0 radical (unpaired) electrons. The van der Waals surface area contributed by atoms with Crippen LogP contribution in [0.25, 0.3) is 0 Å². The van der Waals surface area contributed by atoms with Crippen LogP contribution in [0.3, 0.4) is 0 Å². The molecular weight excluding hydrogens is 292 g/mol. The number of rotatable bonds is 3. The van der Waals surface area contributed by atoms with Gasteiger partial charge in [-0.1, -0.05) is 13.8 Å². The third kappa shape index (κ3) is 2.93. The highest BCUT2D eigenvalue weighted by Gasteiger charge is 2.49. The fourth-order valence-electron chi connectivity index (χ4n) is 3.16. The zero-order valence-electron chi connectivity index (χ0n) is 12.9. The molecule has 0 bridgehead atoms. The minimum absolute atomic E-state index is 0.0826. The van der Waals surface area contributed by atoms with E-state index < -0.39 is 21.4 Å². The highest BCUT2D eigenvalue weighted by molar-refractivity contribution is 7.91. The lowest BCUT2D eigenvalue weighted by atomic mass is 9.89. The molecule has 21 heavy (non-hydrogen) atoms. The molecule has 120 valence electrons. The second kappa shape index (κ2) is 5.59. The molecule has 2 rings (SSSR count). The lowest BCUT2D eigenvalue weighted by Gasteiger charge is -2.48. The van der Waals surface area contributed by atoms with Gasteiger partial charge in [0, 0.05) is 6.04 Å². The van der Waals surface area contributed by atoms with Crippen molar-refractivity contribution in [1.82, 2.24) is 10.2 Å². The number of piperazine rings is 1. The summed E-state index contributed by atoms with van der Waals surface area (Å²) in [6.45, 7) is 5.48. The fraction of sp³-hybridized carbons (Fsp3) is 0.857. The predicted octanol–water partition coefficient (Wildman–Crippen LogP) is 0.469. The van der Waals surface area contributed by atoms with Gasteiger partial charge in [0.05, 0.1) is 11.5 Å². The van der Waals surface area contributed by atoms with Crippen LogP contribution in [0, 0.1) is 0 Å². The molecule has 2 unspecified atom stereocenters. The van der Waals surface area contributed by atoms with E-state index in [2.05, 4.69) is 5.32 Å². The van der Waals surface area contributed by atoms with Gasteiger partial charge >= 0.3 is 0 Å². The zero-order chi connectivity index (χ0) is 15.8. The number of hydrogen-bond donors (Lipinski definition) is 1. The van der Waals surface area contributed by atoms with Crippen molar-refractivity contribution in [3.05, 3.63) is 0 Å². The highest BCUT2D eigenvalue weighted by atomic mass is 32.2. The Morgan fingerprint density at radius 2 is 1.81 bits per heavy atom. The number of carbonyl (C=O) groups is 2. The Balaban J connectivity index is 2.28. The van der Waals surface area contributed by atoms with Crippen molar-refractivity contribution in [1.29, 1.82) is 0 Å². The average Bonchev–Trinajstić information content (AvgIpc) is 2.43. The standard InChI is InChI=1S/C14H24N2O4S/c1-4-11-12(17)15-14(3,5-2)13(18)16(11)10-6-8-21(19,20)9-7-10/h10-11H,4-9H2,1-3H3,(H,15,17). The molecule has 7 heteroatoms. The number of nitrogens with zero attached hydrogens (tertiary/aromatic N) is 1. The molecule has 6 nitrogen and oxygen atoms in total. The van der Waals surface area contributed by atoms with Gasteiger partial charge in [0.25, 0.3) is 0 Å². The first-order valence-corrected chi connectivity index (χ1v) is 9.41. The molecule has 0 aromatic heterocycles. The maximum atomic E-state index is 12.8. The number of amides is 2. The van der Waals surface area contributed by atoms with Crippen LogP contribution in [0.4, 0.5) is 0 Å². The summed E-state index contributed by atoms with van der Waals surface area (Å²) in [7, 11) is -2.98. The molecule has 0 saturated carbocycles. The van der Waals surface area contributed by atoms with Gasteiger partial charge in [0.1, 0.15) is 21.4 Å². The zero-order valence-corrected chi connectivity index (χ0v) is 13.7. The summed E-state index contributed by atoms with van der Waals surface area (Å²) in [6, 6.07) is -0.633. The number of hydrogen-bond acceptors (Lipinski definition) is 4. The lowest BCUT2D eigenvalue weighted by molar-refractivity contribution is -0.157. The minimum Gasteiger partial charge on any atom is -0.340 e. The molecule has 1 N–H and O–H groups in total. The van der Waals surface area contributed by atoms with E-state index in [-0.39, 0.29) is 29.4 Å². The molecule has 2 saturated heterocycles. The second-order valence-electron chi connectivity index (χ2n) is 6.19. The number of carbonyl (C=O) groups excluding carboxylic acids is 2. The lowest BCUT2D eigenvalue weighted by Crippen LogP contribution is -2.71. The van der Waals surface area contributed by atoms with Crippen molar-refractivity contribution >= 4 is 21.7 Å². The Morgan fingerprint density at radius 1 is 1.24 bits per heavy atom. The van der Waals surface area contributed by atoms with E-state index in [0.717, 1.165) is 0 Å². The van der Waals surface area contributed by atoms with Gasteiger partial charge in [-0.05, 0) is 32.6 Å². The first kappa shape index (κ1) is 16.3. The van der Waals surface area contributed by atoms with Crippen molar-refractivity contribution in [2.45, 2.75) is 64.1 Å². The Kier molecular flexibility index (Phi) is 4.33. The summed E-state index contributed by atoms with van der Waals surface area (Å²) in [5.41, 5.74) is -0.876. The summed E-state index contributed by atoms with van der Waals surface area (Å²) in [5, 5.41) is 2.83. The van der Waals surface area contributed by atoms with E-state index in [4.69, 9.17) is 0 Å². The van der Waals surface area contributed by atoms with Crippen LogP contribution in [0.1, 0.15) is 46.5 Å². The van der Waals surface area contributed by atoms with E-state index >= 15 is 0 Å². The van der Waals surface area contributed by atoms with Crippen LogP contribution in [-0.2, 0) is 19.4 Å². The van der Waals surface area contributed by atoms with E-state index in [9.17, 15) is 18.0 Å². The van der Waals surface area contributed by atoms with E-state index in [1.165, 1.54) is 0 Å². The normalized spacial score (nSPS) is 33.9. The van der Waals surface area contributed by atoms with E-state index in [1.807, 2.05) is 13.8 Å². The molecule has 2 atom stereocenters. The molecule has 2 fully saturated rings. The molecule has 0 aliphatic carbocycles. The Labute approximate surface area is 126 Å². The predicted molar refractivity (Wildman–Crippen MR) is 79.4 cm³/mol. The average molecular weight is 316 g/mol. The van der Waals surface area contributed by atoms with Crippen LogP contribution in [-0.4, -0.2) is 54.3 Å². The van der Waals surface area contributed by atoms with Gasteiger partial charge in [-0.15, -0.1) is 0 Å². The van der Waals surface area contributed by atoms with Gasteiger partial charge in [0.15, 0.2) is 0 Å². The summed E-state index contributed by atoms with van der Waals surface area (Å²) < 4.78 is 23.2. The van der Waals surface area contributed by atoms with Crippen LogP contribution in [0.15, 0.2) is 0 Å². The Bertz CT molecular complexity index is 531. The van der Waals surface area contributed by atoms with Crippen molar-refractivity contribution in [3.63, 3.8) is 0 Å². The molecule has 0 aromatic carbocycles. The highest BCUT2D eigenvalue weighted by Crippen LogP contribution is 2.29. The number of sulfone groups is 1. The smallest absolute Gasteiger partial charge is 0.248 e. The second-order valence-corrected chi connectivity index (χ2v) is 8.50. The minimum atomic E-state index is -2.98. The van der Waals surface area contributed by atoms with E-state index in [0.29, 0.717) is 25.7 Å². The Morgan fingerprint density at radius 3 is 2.29 bits per heavy atom. The molecule has 0 aromatic rings. The van der Waals surface area contributed by atoms with Gasteiger partial charge in [0.2, 0.25) is 11.8 Å². The fourth-order valence-corrected chi connectivity index (χ4v) is 4.63. The van der Waals surface area contributed by atoms with Crippen LogP contribution < -0.4 is 5.32 Å². The van der Waals surface area contributed by atoms with Crippen LogP contribution in [0.2, 0.25) is 0 Å². The summed E-state index contributed by atoms with van der Waals surface area (Å²) in [6.07, 6.45) is 1.92. The first-order valence-electron chi connectivity index (χ1n) is 7.59. The van der Waals surface area contributed by atoms with Crippen LogP contribution in [0.5, 0.6) is 0 Å². The van der Waals surface area contributed by atoms with Crippen molar-refractivity contribution in [2.24, 2.45) is 0 Å². The largest absolute Gasteiger partial charge is 0.340 e. The molecule has 2 aliphatic rings. The summed E-state index contributed by atoms with van der Waals surface area (Å²) >= 11 is 0. The van der Waals surface area contributed by atoms with Crippen molar-refractivity contribution < 1.29 is 18.0 Å². The third-order valence-electron chi connectivity index (χ3n) is 4.76. The van der Waals surface area contributed by atoms with Crippen LogP contribution >= 0.6 is 0 Å². The SMILES string of the molecule is CCC1C(=O)NC(C)(CC)C(=O)N1C1CCS(=O)(=O)CC1. The van der Waals surface area contributed by atoms with Gasteiger partial charge < -0.3 is 10.2 Å². The van der Waals surface area contributed by atoms with Gasteiger partial charge in [-0.25, -0.2) is 8.42 Å². The molecule has 0 spiro atoms. The maximum absolute atomic E-state index is 12.8. The van der Waals surface area contributed by atoms with Gasteiger partial charge in [-0.3, -0.25) is 9.59 Å². The topological polar surface area (TPSA) is 83.6 Å². The molecule has 2 aliphatic heterocycles. The molecular formula is C14H24N2O4S. The maximum Gasteiger partial charge on any atom is 0.248 e. The van der Waals surface area contributed by atoms with Crippen molar-refractivity contribution in [3.8, 4) is 0 Å². The number of nitrogens with one attached hydrogen (secondary N) is 1. The van der Waals surface area contributed by atoms with Gasteiger partial charge in [-0.2, -0.15) is 0 Å². The van der Waals surface area contributed by atoms with E-state index in [1.54, 1.807) is 11.8 Å². The third-order valence-corrected chi connectivity index (χ3v) is 6.47. The summed E-state index contributed by atoms with van der Waals surface area (Å²) in [5.74, 6) is -0.0133. The van der Waals surface area contributed by atoms with Crippen molar-refractivity contribution in [2.75, 3.05) is 11.5 Å².